The number of hydrogen-bond donors (Lipinski definition) is 0. The monoisotopic (exact) mass is 346 g/mol. The van der Waals surface area contributed by atoms with E-state index in [2.05, 4.69) is 14.2 Å². The standard InChI is InChI=1S/C13H12F6O4/c1-2-21-11(20)8-4-3-5-9(22-6-12(14,15)16)10(8)23-7-13(17,18)19/h3-5H,2,6-7H2,1H3. The van der Waals surface area contributed by atoms with Crippen molar-refractivity contribution < 1.29 is 45.3 Å². The van der Waals surface area contributed by atoms with Crippen LogP contribution in [0.25, 0.3) is 0 Å². The number of benzene rings is 1. The van der Waals surface area contributed by atoms with Crippen molar-refractivity contribution in [2.24, 2.45) is 0 Å². The van der Waals surface area contributed by atoms with Gasteiger partial charge in [0.1, 0.15) is 5.56 Å². The first-order valence-corrected chi connectivity index (χ1v) is 6.22. The number of halogens is 6. The number of alkyl halides is 6. The fraction of sp³-hybridized carbons (Fsp3) is 0.462. The highest BCUT2D eigenvalue weighted by molar-refractivity contribution is 5.93. The first kappa shape index (κ1) is 18.9. The Kier molecular flexibility index (Phi) is 6.11. The number of para-hydroxylation sites is 1. The Morgan fingerprint density at radius 3 is 2.09 bits per heavy atom. The van der Waals surface area contributed by atoms with Gasteiger partial charge in [0, 0.05) is 0 Å². The molecule has 130 valence electrons. The minimum Gasteiger partial charge on any atom is -0.480 e. The molecule has 0 spiro atoms. The van der Waals surface area contributed by atoms with Gasteiger partial charge in [-0.2, -0.15) is 26.3 Å². The summed E-state index contributed by atoms with van der Waals surface area (Å²) in [5, 5.41) is 0. The second-order valence-electron chi connectivity index (χ2n) is 4.16. The molecule has 0 radical (unpaired) electrons. The fourth-order valence-electron chi connectivity index (χ4n) is 1.46. The Balaban J connectivity index is 3.11. The zero-order valence-electron chi connectivity index (χ0n) is 11.8. The molecule has 0 saturated heterocycles. The maximum Gasteiger partial charge on any atom is 0.422 e. The summed E-state index contributed by atoms with van der Waals surface area (Å²) in [5.41, 5.74) is -0.462. The molecule has 10 heteroatoms. The van der Waals surface area contributed by atoms with Crippen molar-refractivity contribution in [1.29, 1.82) is 0 Å². The molecule has 0 unspecified atom stereocenters. The molecule has 0 aliphatic carbocycles. The van der Waals surface area contributed by atoms with E-state index in [-0.39, 0.29) is 6.61 Å². The van der Waals surface area contributed by atoms with E-state index in [1.54, 1.807) is 0 Å². The van der Waals surface area contributed by atoms with Crippen molar-refractivity contribution in [2.75, 3.05) is 19.8 Å². The van der Waals surface area contributed by atoms with Gasteiger partial charge in [0.05, 0.1) is 6.61 Å². The third-order valence-electron chi connectivity index (χ3n) is 2.25. The zero-order valence-corrected chi connectivity index (χ0v) is 11.8. The van der Waals surface area contributed by atoms with E-state index in [0.29, 0.717) is 0 Å². The average molecular weight is 346 g/mol. The number of rotatable bonds is 6. The lowest BCUT2D eigenvalue weighted by molar-refractivity contribution is -0.158. The number of carbonyl (C=O) groups is 1. The largest absolute Gasteiger partial charge is 0.480 e. The van der Waals surface area contributed by atoms with Gasteiger partial charge in [-0.25, -0.2) is 4.79 Å². The molecule has 1 aromatic rings. The third kappa shape index (κ3) is 6.66. The van der Waals surface area contributed by atoms with Crippen LogP contribution in [0.5, 0.6) is 11.5 Å². The molecule has 0 aliphatic heterocycles. The van der Waals surface area contributed by atoms with Gasteiger partial charge in [0.15, 0.2) is 24.7 Å². The van der Waals surface area contributed by atoms with E-state index in [1.807, 2.05) is 0 Å². The molecule has 1 aromatic carbocycles. The normalized spacial score (nSPS) is 12.0. The van der Waals surface area contributed by atoms with Crippen molar-refractivity contribution in [3.05, 3.63) is 23.8 Å². The minimum absolute atomic E-state index is 0.0782. The molecular weight excluding hydrogens is 334 g/mol. The van der Waals surface area contributed by atoms with Gasteiger partial charge in [-0.15, -0.1) is 0 Å². The Labute approximate surface area is 126 Å². The topological polar surface area (TPSA) is 44.8 Å². The Hall–Kier alpha value is -2.13. The molecular formula is C13H12F6O4. The molecule has 0 saturated carbocycles. The van der Waals surface area contributed by atoms with Crippen molar-refractivity contribution in [3.63, 3.8) is 0 Å². The van der Waals surface area contributed by atoms with Crippen molar-refractivity contribution in [2.45, 2.75) is 19.3 Å². The van der Waals surface area contributed by atoms with E-state index in [1.165, 1.54) is 6.92 Å². The van der Waals surface area contributed by atoms with E-state index in [0.717, 1.165) is 18.2 Å². The molecule has 0 aromatic heterocycles. The molecule has 0 N–H and O–H groups in total. The molecule has 23 heavy (non-hydrogen) atoms. The number of esters is 1. The van der Waals surface area contributed by atoms with Crippen LogP contribution in [0.4, 0.5) is 26.3 Å². The van der Waals surface area contributed by atoms with Crippen LogP contribution in [0.1, 0.15) is 17.3 Å². The lowest BCUT2D eigenvalue weighted by Gasteiger charge is -2.17. The van der Waals surface area contributed by atoms with Crippen LogP contribution >= 0.6 is 0 Å². The summed E-state index contributed by atoms with van der Waals surface area (Å²) in [6.07, 6.45) is -9.45. The quantitative estimate of drug-likeness (QED) is 0.581. The second kappa shape index (κ2) is 7.42. The highest BCUT2D eigenvalue weighted by atomic mass is 19.4. The van der Waals surface area contributed by atoms with Crippen LogP contribution in [0, 0.1) is 0 Å². The summed E-state index contributed by atoms with van der Waals surface area (Å²) < 4.78 is 86.9. The fourth-order valence-corrected chi connectivity index (χ4v) is 1.46. The predicted octanol–water partition coefficient (Wildman–Crippen LogP) is 3.75. The van der Waals surface area contributed by atoms with E-state index in [4.69, 9.17) is 0 Å². The summed E-state index contributed by atoms with van der Waals surface area (Å²) in [7, 11) is 0. The summed E-state index contributed by atoms with van der Waals surface area (Å²) in [6, 6.07) is 3.16. The number of carbonyl (C=O) groups excluding carboxylic acids is 1. The molecule has 0 amide bonds. The lowest BCUT2D eigenvalue weighted by Crippen LogP contribution is -2.22. The SMILES string of the molecule is CCOC(=O)c1cccc(OCC(F)(F)F)c1OCC(F)(F)F. The smallest absolute Gasteiger partial charge is 0.422 e. The van der Waals surface area contributed by atoms with E-state index in [9.17, 15) is 31.1 Å². The van der Waals surface area contributed by atoms with Crippen LogP contribution in [-0.4, -0.2) is 38.1 Å². The van der Waals surface area contributed by atoms with Crippen LogP contribution in [0.15, 0.2) is 18.2 Å². The summed E-state index contributed by atoms with van der Waals surface area (Å²) in [4.78, 5) is 11.7. The van der Waals surface area contributed by atoms with Gasteiger partial charge in [-0.1, -0.05) is 6.07 Å². The minimum atomic E-state index is -4.75. The van der Waals surface area contributed by atoms with Crippen molar-refractivity contribution >= 4 is 5.97 Å². The molecule has 0 atom stereocenters. The number of ether oxygens (including phenoxy) is 3. The molecule has 0 heterocycles. The van der Waals surface area contributed by atoms with Gasteiger partial charge in [0.2, 0.25) is 0 Å². The molecule has 0 bridgehead atoms. The summed E-state index contributed by atoms with van der Waals surface area (Å²) in [6.45, 7) is -2.17. The highest BCUT2D eigenvalue weighted by Crippen LogP contribution is 2.34. The van der Waals surface area contributed by atoms with Crippen LogP contribution < -0.4 is 9.47 Å². The maximum atomic E-state index is 12.3. The summed E-state index contributed by atoms with van der Waals surface area (Å²) in [5.74, 6) is -2.44. The Bertz CT molecular complexity index is 538. The zero-order chi connectivity index (χ0) is 17.7. The molecule has 4 nitrogen and oxygen atoms in total. The summed E-state index contributed by atoms with van der Waals surface area (Å²) >= 11 is 0. The van der Waals surface area contributed by atoms with Crippen molar-refractivity contribution in [3.8, 4) is 11.5 Å². The van der Waals surface area contributed by atoms with Crippen LogP contribution in [0.2, 0.25) is 0 Å². The van der Waals surface area contributed by atoms with E-state index >= 15 is 0 Å². The van der Waals surface area contributed by atoms with Gasteiger partial charge in [-0.3, -0.25) is 0 Å². The predicted molar refractivity (Wildman–Crippen MR) is 65.5 cm³/mol. The van der Waals surface area contributed by atoms with E-state index < -0.39 is 48.6 Å². The van der Waals surface area contributed by atoms with Gasteiger partial charge in [0.25, 0.3) is 0 Å². The third-order valence-corrected chi connectivity index (χ3v) is 2.25. The number of hydrogen-bond acceptors (Lipinski definition) is 4. The van der Waals surface area contributed by atoms with Gasteiger partial charge < -0.3 is 14.2 Å². The van der Waals surface area contributed by atoms with Crippen molar-refractivity contribution in [1.82, 2.24) is 0 Å². The molecule has 1 rings (SSSR count). The maximum absolute atomic E-state index is 12.3. The van der Waals surface area contributed by atoms with Crippen LogP contribution in [0.3, 0.4) is 0 Å². The molecule has 0 aliphatic rings. The molecule has 0 fully saturated rings. The first-order valence-electron chi connectivity index (χ1n) is 6.22. The Morgan fingerprint density at radius 1 is 1.00 bits per heavy atom. The van der Waals surface area contributed by atoms with Gasteiger partial charge in [-0.05, 0) is 19.1 Å². The average Bonchev–Trinajstić information content (AvgIpc) is 2.41. The highest BCUT2D eigenvalue weighted by Gasteiger charge is 2.32. The Morgan fingerprint density at radius 2 is 1.57 bits per heavy atom. The van der Waals surface area contributed by atoms with Gasteiger partial charge >= 0.3 is 18.3 Å². The van der Waals surface area contributed by atoms with Crippen LogP contribution in [-0.2, 0) is 4.74 Å². The lowest BCUT2D eigenvalue weighted by atomic mass is 10.2. The second-order valence-corrected chi connectivity index (χ2v) is 4.16. The first-order chi connectivity index (χ1) is 10.5.